The molecule has 0 saturated heterocycles. The van der Waals surface area contributed by atoms with Gasteiger partial charge in [-0.1, -0.05) is 24.6 Å². The monoisotopic (exact) mass is 341 g/mol. The lowest BCUT2D eigenvalue weighted by atomic mass is 10.3. The third kappa shape index (κ3) is 3.51. The Labute approximate surface area is 127 Å². The minimum atomic E-state index is 0.437. The average molecular weight is 343 g/mol. The van der Waals surface area contributed by atoms with Crippen LogP contribution in [0.5, 0.6) is 0 Å². The summed E-state index contributed by atoms with van der Waals surface area (Å²) in [7, 11) is 0. The maximum Gasteiger partial charge on any atom is 0.0815 e. The summed E-state index contributed by atoms with van der Waals surface area (Å²) >= 11 is 9.53. The molecule has 0 radical (unpaired) electrons. The molecule has 0 saturated carbocycles. The molecule has 5 heteroatoms. The maximum atomic E-state index is 6.05. The van der Waals surface area contributed by atoms with Crippen molar-refractivity contribution in [3.63, 3.8) is 0 Å². The maximum absolute atomic E-state index is 6.05. The van der Waals surface area contributed by atoms with Crippen molar-refractivity contribution in [1.82, 2.24) is 9.78 Å². The first-order valence-electron chi connectivity index (χ1n) is 6.33. The smallest absolute Gasteiger partial charge is 0.0815 e. The number of anilines is 1. The number of nitrogens with zero attached hydrogens (tertiary/aromatic N) is 2. The van der Waals surface area contributed by atoms with Crippen LogP contribution >= 0.6 is 27.5 Å². The lowest BCUT2D eigenvalue weighted by Crippen LogP contribution is -2.06. The van der Waals surface area contributed by atoms with E-state index < -0.39 is 0 Å². The van der Waals surface area contributed by atoms with Crippen molar-refractivity contribution in [2.75, 3.05) is 5.32 Å². The minimum absolute atomic E-state index is 0.437. The van der Waals surface area contributed by atoms with Crippen LogP contribution in [0.4, 0.5) is 5.69 Å². The van der Waals surface area contributed by atoms with Gasteiger partial charge >= 0.3 is 0 Å². The van der Waals surface area contributed by atoms with Crippen molar-refractivity contribution in [3.8, 4) is 0 Å². The molecule has 1 heterocycles. The number of rotatable bonds is 5. The fourth-order valence-corrected chi connectivity index (χ4v) is 2.31. The summed E-state index contributed by atoms with van der Waals surface area (Å²) < 4.78 is 2.89. The summed E-state index contributed by atoms with van der Waals surface area (Å²) in [4.78, 5) is 0. The van der Waals surface area contributed by atoms with Crippen LogP contribution in [0.3, 0.4) is 0 Å². The second kappa shape index (κ2) is 6.44. The first-order chi connectivity index (χ1) is 9.11. The summed E-state index contributed by atoms with van der Waals surface area (Å²) in [5.41, 5.74) is 2.00. The normalized spacial score (nSPS) is 12.4. The molecule has 1 unspecified atom stereocenters. The van der Waals surface area contributed by atoms with Gasteiger partial charge in [-0.3, -0.25) is 4.68 Å². The lowest BCUT2D eigenvalue weighted by Gasteiger charge is -2.09. The standard InChI is InChI=1S/C14H17BrClN3/c1-3-10(2)19-8-7-11(18-19)9-17-13-6-4-5-12(16)14(13)15/h4-8,10,17H,3,9H2,1-2H3. The third-order valence-electron chi connectivity index (χ3n) is 3.12. The number of halogens is 2. The molecule has 1 N–H and O–H groups in total. The molecule has 2 aromatic rings. The zero-order valence-electron chi connectivity index (χ0n) is 11.0. The SMILES string of the molecule is CCC(C)n1ccc(CNc2cccc(Cl)c2Br)n1. The highest BCUT2D eigenvalue weighted by molar-refractivity contribution is 9.10. The molecular weight excluding hydrogens is 326 g/mol. The lowest BCUT2D eigenvalue weighted by molar-refractivity contribution is 0.474. The quantitative estimate of drug-likeness (QED) is 0.839. The second-order valence-electron chi connectivity index (χ2n) is 4.50. The van der Waals surface area contributed by atoms with E-state index in [1.54, 1.807) is 0 Å². The molecule has 0 aliphatic rings. The largest absolute Gasteiger partial charge is 0.378 e. The minimum Gasteiger partial charge on any atom is -0.378 e. The van der Waals surface area contributed by atoms with Gasteiger partial charge < -0.3 is 5.32 Å². The zero-order valence-corrected chi connectivity index (χ0v) is 13.4. The summed E-state index contributed by atoms with van der Waals surface area (Å²) in [5.74, 6) is 0. The van der Waals surface area contributed by atoms with Crippen molar-refractivity contribution < 1.29 is 0 Å². The fourth-order valence-electron chi connectivity index (χ4n) is 1.73. The number of hydrogen-bond donors (Lipinski definition) is 1. The van der Waals surface area contributed by atoms with Crippen molar-refractivity contribution in [2.24, 2.45) is 0 Å². The van der Waals surface area contributed by atoms with Crippen molar-refractivity contribution in [3.05, 3.63) is 45.7 Å². The van der Waals surface area contributed by atoms with E-state index in [2.05, 4.69) is 40.2 Å². The van der Waals surface area contributed by atoms with Gasteiger partial charge in [-0.2, -0.15) is 5.10 Å². The molecule has 2 rings (SSSR count). The molecule has 3 nitrogen and oxygen atoms in total. The topological polar surface area (TPSA) is 29.9 Å². The number of benzene rings is 1. The van der Waals surface area contributed by atoms with Crippen LogP contribution in [0.25, 0.3) is 0 Å². The van der Waals surface area contributed by atoms with E-state index in [1.165, 1.54) is 0 Å². The Bertz CT molecular complexity index is 553. The predicted octanol–water partition coefficient (Wildman–Crippen LogP) is 4.88. The Morgan fingerprint density at radius 2 is 2.21 bits per heavy atom. The molecule has 0 spiro atoms. The van der Waals surface area contributed by atoms with E-state index in [0.29, 0.717) is 17.6 Å². The Balaban J connectivity index is 2.02. The first-order valence-corrected chi connectivity index (χ1v) is 7.50. The summed E-state index contributed by atoms with van der Waals surface area (Å²) in [5, 5.41) is 8.59. The van der Waals surface area contributed by atoms with Crippen molar-refractivity contribution >= 4 is 33.2 Å². The molecule has 0 aliphatic carbocycles. The first kappa shape index (κ1) is 14.4. The summed E-state index contributed by atoms with van der Waals surface area (Å²) in [6.45, 7) is 5.01. The molecule has 1 atom stereocenters. The van der Waals surface area contributed by atoms with Gasteiger partial charge in [-0.15, -0.1) is 0 Å². The van der Waals surface area contributed by atoms with Crippen LogP contribution < -0.4 is 5.32 Å². The van der Waals surface area contributed by atoms with Gasteiger partial charge in [-0.05, 0) is 47.5 Å². The van der Waals surface area contributed by atoms with Crippen LogP contribution in [0.15, 0.2) is 34.9 Å². The molecule has 0 bridgehead atoms. The Kier molecular flexibility index (Phi) is 4.88. The van der Waals surface area contributed by atoms with Gasteiger partial charge in [-0.25, -0.2) is 0 Å². The van der Waals surface area contributed by atoms with Crippen LogP contribution in [0.1, 0.15) is 32.0 Å². The average Bonchev–Trinajstić information content (AvgIpc) is 2.88. The Morgan fingerprint density at radius 1 is 1.42 bits per heavy atom. The van der Waals surface area contributed by atoms with E-state index >= 15 is 0 Å². The molecule has 102 valence electrons. The van der Waals surface area contributed by atoms with E-state index in [0.717, 1.165) is 22.3 Å². The predicted molar refractivity (Wildman–Crippen MR) is 83.7 cm³/mol. The Morgan fingerprint density at radius 3 is 2.95 bits per heavy atom. The van der Waals surface area contributed by atoms with Gasteiger partial charge in [0.05, 0.1) is 27.4 Å². The van der Waals surface area contributed by atoms with E-state index in [4.69, 9.17) is 11.6 Å². The van der Waals surface area contributed by atoms with E-state index in [9.17, 15) is 0 Å². The number of aromatic nitrogens is 2. The van der Waals surface area contributed by atoms with Gasteiger partial charge in [0, 0.05) is 12.2 Å². The fraction of sp³-hybridized carbons (Fsp3) is 0.357. The highest BCUT2D eigenvalue weighted by atomic mass is 79.9. The molecule has 0 aliphatic heterocycles. The highest BCUT2D eigenvalue weighted by Crippen LogP contribution is 2.30. The van der Waals surface area contributed by atoms with Crippen LogP contribution in [0.2, 0.25) is 5.02 Å². The van der Waals surface area contributed by atoms with Gasteiger partial charge in [0.15, 0.2) is 0 Å². The Hall–Kier alpha value is -1.000. The third-order valence-corrected chi connectivity index (χ3v) is 4.52. The van der Waals surface area contributed by atoms with Crippen LogP contribution in [-0.4, -0.2) is 9.78 Å². The molecule has 1 aromatic heterocycles. The molecular formula is C14H17BrClN3. The van der Waals surface area contributed by atoms with Crippen molar-refractivity contribution in [1.29, 1.82) is 0 Å². The number of hydrogen-bond acceptors (Lipinski definition) is 2. The van der Waals surface area contributed by atoms with Gasteiger partial charge in [0.25, 0.3) is 0 Å². The highest BCUT2D eigenvalue weighted by Gasteiger charge is 2.06. The van der Waals surface area contributed by atoms with E-state index in [-0.39, 0.29) is 0 Å². The second-order valence-corrected chi connectivity index (χ2v) is 5.70. The van der Waals surface area contributed by atoms with Gasteiger partial charge in [0.2, 0.25) is 0 Å². The molecule has 0 fully saturated rings. The van der Waals surface area contributed by atoms with Gasteiger partial charge in [0.1, 0.15) is 0 Å². The van der Waals surface area contributed by atoms with Crippen LogP contribution in [0, 0.1) is 0 Å². The molecule has 1 aromatic carbocycles. The molecule has 19 heavy (non-hydrogen) atoms. The van der Waals surface area contributed by atoms with Crippen molar-refractivity contribution in [2.45, 2.75) is 32.9 Å². The zero-order chi connectivity index (χ0) is 13.8. The van der Waals surface area contributed by atoms with E-state index in [1.807, 2.05) is 35.1 Å². The van der Waals surface area contributed by atoms with Crippen LogP contribution in [-0.2, 0) is 6.54 Å². The summed E-state index contributed by atoms with van der Waals surface area (Å²) in [6, 6.07) is 8.24. The number of nitrogens with one attached hydrogen (secondary N) is 1. The summed E-state index contributed by atoms with van der Waals surface area (Å²) in [6.07, 6.45) is 3.10. The molecule has 0 amide bonds.